The lowest BCUT2D eigenvalue weighted by Crippen LogP contribution is -2.38. The van der Waals surface area contributed by atoms with E-state index in [-0.39, 0.29) is 12.3 Å². The van der Waals surface area contributed by atoms with Crippen molar-refractivity contribution in [2.75, 3.05) is 13.6 Å². The van der Waals surface area contributed by atoms with Crippen LogP contribution < -0.4 is 4.74 Å². The van der Waals surface area contributed by atoms with Gasteiger partial charge in [-0.15, -0.1) is 0 Å². The molecule has 0 aliphatic rings. The molecule has 0 heterocycles. The average molecular weight is 321 g/mol. The van der Waals surface area contributed by atoms with E-state index in [1.165, 1.54) is 10.5 Å². The molecule has 1 atom stereocenters. The van der Waals surface area contributed by atoms with E-state index in [1.807, 2.05) is 19.1 Å². The first-order valence-corrected chi connectivity index (χ1v) is 7.96. The standard InChI is InChI=1S/C18H27NO4/c1-12(2)15-9-8-13(3)16(11-15)23-14(4)18(22)19(5)10-6-7-17(20)21/h8-9,11-12,14H,6-7,10H2,1-5H3,(H,20,21). The molecule has 1 rings (SSSR count). The second-order valence-corrected chi connectivity index (χ2v) is 6.20. The smallest absolute Gasteiger partial charge is 0.303 e. The Balaban J connectivity index is 2.67. The Bertz CT molecular complexity index is 554. The maximum atomic E-state index is 12.3. The summed E-state index contributed by atoms with van der Waals surface area (Å²) in [6, 6.07) is 6.05. The second-order valence-electron chi connectivity index (χ2n) is 6.20. The molecule has 0 aromatic heterocycles. The van der Waals surface area contributed by atoms with Crippen LogP contribution in [0.15, 0.2) is 18.2 Å². The Kier molecular flexibility index (Phi) is 7.07. The number of hydrogen-bond acceptors (Lipinski definition) is 3. The third-order valence-corrected chi connectivity index (χ3v) is 3.79. The normalized spacial score (nSPS) is 12.1. The van der Waals surface area contributed by atoms with E-state index in [0.717, 1.165) is 11.3 Å². The van der Waals surface area contributed by atoms with E-state index in [9.17, 15) is 9.59 Å². The minimum absolute atomic E-state index is 0.0579. The number of aliphatic carboxylic acids is 1. The van der Waals surface area contributed by atoms with Gasteiger partial charge in [0.1, 0.15) is 5.75 Å². The number of hydrogen-bond donors (Lipinski definition) is 1. The number of carboxylic acid groups (broad SMARTS) is 1. The van der Waals surface area contributed by atoms with E-state index >= 15 is 0 Å². The summed E-state index contributed by atoms with van der Waals surface area (Å²) in [5.74, 6) is 0.111. The van der Waals surface area contributed by atoms with Gasteiger partial charge in [0, 0.05) is 20.0 Å². The van der Waals surface area contributed by atoms with Crippen LogP contribution in [-0.2, 0) is 9.59 Å². The molecule has 23 heavy (non-hydrogen) atoms. The summed E-state index contributed by atoms with van der Waals surface area (Å²) >= 11 is 0. The van der Waals surface area contributed by atoms with Crippen molar-refractivity contribution in [3.05, 3.63) is 29.3 Å². The van der Waals surface area contributed by atoms with Gasteiger partial charge in [0.25, 0.3) is 5.91 Å². The highest BCUT2D eigenvalue weighted by Crippen LogP contribution is 2.25. The molecule has 0 radical (unpaired) electrons. The first-order chi connectivity index (χ1) is 10.7. The number of likely N-dealkylation sites (N-methyl/N-ethyl adjacent to an activating group) is 1. The van der Waals surface area contributed by atoms with E-state index in [0.29, 0.717) is 18.9 Å². The summed E-state index contributed by atoms with van der Waals surface area (Å²) in [6.45, 7) is 8.30. The zero-order valence-corrected chi connectivity index (χ0v) is 14.6. The molecule has 1 aromatic carbocycles. The lowest BCUT2D eigenvalue weighted by molar-refractivity contribution is -0.139. The van der Waals surface area contributed by atoms with Gasteiger partial charge >= 0.3 is 5.97 Å². The monoisotopic (exact) mass is 321 g/mol. The fraction of sp³-hybridized carbons (Fsp3) is 0.556. The van der Waals surface area contributed by atoms with Crippen LogP contribution in [0.1, 0.15) is 50.7 Å². The van der Waals surface area contributed by atoms with Gasteiger partial charge in [-0.3, -0.25) is 9.59 Å². The Labute approximate surface area is 138 Å². The number of aryl methyl sites for hydroxylation is 1. The Hall–Kier alpha value is -2.04. The highest BCUT2D eigenvalue weighted by Gasteiger charge is 2.20. The number of carbonyl (C=O) groups is 2. The topological polar surface area (TPSA) is 66.8 Å². The largest absolute Gasteiger partial charge is 0.481 e. The molecule has 1 N–H and O–H groups in total. The van der Waals surface area contributed by atoms with Gasteiger partial charge in [-0.05, 0) is 43.4 Å². The zero-order valence-electron chi connectivity index (χ0n) is 14.6. The molecule has 5 nitrogen and oxygen atoms in total. The molecule has 0 saturated heterocycles. The Morgan fingerprint density at radius 3 is 2.48 bits per heavy atom. The summed E-state index contributed by atoms with van der Waals surface area (Å²) in [6.07, 6.45) is -0.111. The van der Waals surface area contributed by atoms with Crippen LogP contribution in [0.4, 0.5) is 0 Å². The first kappa shape index (κ1) is 19.0. The number of rotatable bonds is 8. The van der Waals surface area contributed by atoms with Crippen LogP contribution in [0.3, 0.4) is 0 Å². The van der Waals surface area contributed by atoms with Crippen LogP contribution >= 0.6 is 0 Å². The van der Waals surface area contributed by atoms with E-state index in [4.69, 9.17) is 9.84 Å². The highest BCUT2D eigenvalue weighted by molar-refractivity contribution is 5.80. The summed E-state index contributed by atoms with van der Waals surface area (Å²) in [5, 5.41) is 8.64. The second kappa shape index (κ2) is 8.56. The lowest BCUT2D eigenvalue weighted by Gasteiger charge is -2.23. The maximum Gasteiger partial charge on any atom is 0.303 e. The molecule has 1 unspecified atom stereocenters. The number of carbonyl (C=O) groups excluding carboxylic acids is 1. The van der Waals surface area contributed by atoms with Crippen molar-refractivity contribution in [2.24, 2.45) is 0 Å². The summed E-state index contributed by atoms with van der Waals surface area (Å²) in [5.41, 5.74) is 2.16. The first-order valence-electron chi connectivity index (χ1n) is 7.96. The molecule has 1 aromatic rings. The van der Waals surface area contributed by atoms with Gasteiger partial charge in [0.05, 0.1) is 0 Å². The van der Waals surface area contributed by atoms with Crippen molar-refractivity contribution in [1.29, 1.82) is 0 Å². The van der Waals surface area contributed by atoms with E-state index < -0.39 is 12.1 Å². The van der Waals surface area contributed by atoms with Crippen LogP contribution in [0, 0.1) is 6.92 Å². The molecule has 5 heteroatoms. The average Bonchev–Trinajstić information content (AvgIpc) is 2.47. The van der Waals surface area contributed by atoms with Crippen molar-refractivity contribution < 1.29 is 19.4 Å². The number of amides is 1. The predicted octanol–water partition coefficient (Wildman–Crippen LogP) is 3.21. The third kappa shape index (κ3) is 5.93. The molecule has 0 aliphatic heterocycles. The molecule has 1 amide bonds. The Morgan fingerprint density at radius 2 is 1.91 bits per heavy atom. The minimum atomic E-state index is -0.851. The quantitative estimate of drug-likeness (QED) is 0.798. The van der Waals surface area contributed by atoms with Crippen molar-refractivity contribution in [1.82, 2.24) is 4.90 Å². The third-order valence-electron chi connectivity index (χ3n) is 3.79. The Morgan fingerprint density at radius 1 is 1.26 bits per heavy atom. The number of benzene rings is 1. The molecular formula is C18H27NO4. The molecular weight excluding hydrogens is 294 g/mol. The predicted molar refractivity (Wildman–Crippen MR) is 89.9 cm³/mol. The molecule has 0 fully saturated rings. The summed E-state index contributed by atoms with van der Waals surface area (Å²) in [7, 11) is 1.67. The van der Waals surface area contributed by atoms with Crippen LogP contribution in [0.25, 0.3) is 0 Å². The van der Waals surface area contributed by atoms with Gasteiger partial charge in [-0.25, -0.2) is 0 Å². The highest BCUT2D eigenvalue weighted by atomic mass is 16.5. The summed E-state index contributed by atoms with van der Waals surface area (Å²) in [4.78, 5) is 24.4. The number of carboxylic acids is 1. The fourth-order valence-electron chi connectivity index (χ4n) is 2.23. The van der Waals surface area contributed by atoms with Crippen LogP contribution in [0.2, 0.25) is 0 Å². The molecule has 0 spiro atoms. The van der Waals surface area contributed by atoms with E-state index in [1.54, 1.807) is 14.0 Å². The van der Waals surface area contributed by atoms with Gasteiger partial charge in [0.15, 0.2) is 6.10 Å². The SMILES string of the molecule is Cc1ccc(C(C)C)cc1OC(C)C(=O)N(C)CCCC(=O)O. The minimum Gasteiger partial charge on any atom is -0.481 e. The maximum absolute atomic E-state index is 12.3. The van der Waals surface area contributed by atoms with Gasteiger partial charge in [-0.1, -0.05) is 26.0 Å². The molecule has 0 saturated carbocycles. The van der Waals surface area contributed by atoms with Gasteiger partial charge in [-0.2, -0.15) is 0 Å². The number of nitrogens with zero attached hydrogens (tertiary/aromatic N) is 1. The van der Waals surface area contributed by atoms with Crippen LogP contribution in [-0.4, -0.2) is 41.6 Å². The number of ether oxygens (including phenoxy) is 1. The van der Waals surface area contributed by atoms with Gasteiger partial charge < -0.3 is 14.7 Å². The van der Waals surface area contributed by atoms with Crippen LogP contribution in [0.5, 0.6) is 5.75 Å². The lowest BCUT2D eigenvalue weighted by atomic mass is 10.0. The van der Waals surface area contributed by atoms with Crippen molar-refractivity contribution in [3.63, 3.8) is 0 Å². The van der Waals surface area contributed by atoms with E-state index in [2.05, 4.69) is 19.9 Å². The van der Waals surface area contributed by atoms with Crippen molar-refractivity contribution in [2.45, 2.75) is 52.6 Å². The van der Waals surface area contributed by atoms with Gasteiger partial charge in [0.2, 0.25) is 0 Å². The molecule has 128 valence electrons. The summed E-state index contributed by atoms with van der Waals surface area (Å²) < 4.78 is 5.84. The fourth-order valence-corrected chi connectivity index (χ4v) is 2.23. The molecule has 0 aliphatic carbocycles. The zero-order chi connectivity index (χ0) is 17.6. The van der Waals surface area contributed by atoms with Crippen molar-refractivity contribution in [3.8, 4) is 5.75 Å². The molecule has 0 bridgehead atoms. The van der Waals surface area contributed by atoms with Crippen molar-refractivity contribution >= 4 is 11.9 Å².